The van der Waals surface area contributed by atoms with Gasteiger partial charge in [-0.05, 0) is 61.1 Å². The van der Waals surface area contributed by atoms with E-state index >= 15 is 0 Å². The number of hydrogen-bond donors (Lipinski definition) is 2. The Morgan fingerprint density at radius 3 is 0.933 bits per heavy atom. The maximum absolute atomic E-state index is 14.5. The van der Waals surface area contributed by atoms with Crippen molar-refractivity contribution < 1.29 is 46.0 Å². The molecule has 0 saturated heterocycles. The molecule has 10 heteroatoms. The van der Waals surface area contributed by atoms with Crippen LogP contribution in [0.2, 0.25) is 0 Å². The molecule has 2 rings (SSSR count). The van der Waals surface area contributed by atoms with E-state index in [-0.39, 0.29) is 24.7 Å². The fourth-order valence-corrected chi connectivity index (χ4v) is 5.51. The van der Waals surface area contributed by atoms with Gasteiger partial charge in [0.2, 0.25) is 5.41 Å². The SMILES string of the molecule is OCCCCCCCCCCOc1ccc(C(c2ccc(OCCCCCCCCCCO)cc2)(C(F)(F)F)C(F)(F)F)cc1. The van der Waals surface area contributed by atoms with Crippen molar-refractivity contribution in [1.82, 2.24) is 0 Å². The lowest BCUT2D eigenvalue weighted by Gasteiger charge is -2.38. The Balaban J connectivity index is 1.96. The number of rotatable bonds is 24. The highest BCUT2D eigenvalue weighted by molar-refractivity contribution is 5.47. The second kappa shape index (κ2) is 20.6. The van der Waals surface area contributed by atoms with Crippen LogP contribution >= 0.6 is 0 Å². The summed E-state index contributed by atoms with van der Waals surface area (Å²) in [4.78, 5) is 0. The summed E-state index contributed by atoms with van der Waals surface area (Å²) in [6.45, 7) is 1.06. The minimum absolute atomic E-state index is 0.212. The van der Waals surface area contributed by atoms with Gasteiger partial charge in [-0.15, -0.1) is 0 Å². The monoisotopic (exact) mass is 648 g/mol. The number of alkyl halides is 6. The maximum Gasteiger partial charge on any atom is 0.411 e. The van der Waals surface area contributed by atoms with Gasteiger partial charge in [0.05, 0.1) is 13.2 Å². The van der Waals surface area contributed by atoms with E-state index in [2.05, 4.69) is 0 Å². The summed E-state index contributed by atoms with van der Waals surface area (Å²) in [5.41, 5.74) is -6.08. The van der Waals surface area contributed by atoms with Crippen LogP contribution in [-0.2, 0) is 5.41 Å². The molecule has 0 radical (unpaired) electrons. The summed E-state index contributed by atoms with van der Waals surface area (Å²) in [7, 11) is 0. The van der Waals surface area contributed by atoms with Gasteiger partial charge in [0.1, 0.15) is 11.5 Å². The molecule has 0 aromatic heterocycles. The number of halogens is 6. The minimum Gasteiger partial charge on any atom is -0.494 e. The summed E-state index contributed by atoms with van der Waals surface area (Å²) < 4.78 is 98.3. The third-order valence-electron chi connectivity index (χ3n) is 8.07. The fourth-order valence-electron chi connectivity index (χ4n) is 5.51. The minimum atomic E-state index is -5.66. The van der Waals surface area contributed by atoms with Crippen LogP contribution in [0.3, 0.4) is 0 Å². The molecule has 0 aliphatic rings. The van der Waals surface area contributed by atoms with Gasteiger partial charge >= 0.3 is 12.4 Å². The first kappa shape index (κ1) is 38.7. The molecule has 0 aliphatic heterocycles. The number of unbranched alkanes of at least 4 members (excludes halogenated alkanes) is 14. The normalized spacial score (nSPS) is 12.4. The molecule has 2 aromatic rings. The number of benzene rings is 2. The average Bonchev–Trinajstić information content (AvgIpc) is 2.99. The molecular formula is C35H50F6O4. The third-order valence-corrected chi connectivity index (χ3v) is 8.07. The Labute approximate surface area is 264 Å². The van der Waals surface area contributed by atoms with E-state index in [0.29, 0.717) is 13.2 Å². The van der Waals surface area contributed by atoms with Crippen molar-refractivity contribution in [3.63, 3.8) is 0 Å². The summed E-state index contributed by atoms with van der Waals surface area (Å²) in [5, 5.41) is 17.6. The van der Waals surface area contributed by atoms with E-state index in [1.54, 1.807) is 0 Å². The van der Waals surface area contributed by atoms with E-state index in [4.69, 9.17) is 19.7 Å². The fraction of sp³-hybridized carbons (Fsp3) is 0.657. The Morgan fingerprint density at radius 2 is 0.667 bits per heavy atom. The van der Waals surface area contributed by atoms with E-state index in [9.17, 15) is 26.3 Å². The third kappa shape index (κ3) is 12.7. The number of aliphatic hydroxyl groups excluding tert-OH is 2. The molecule has 0 atom stereocenters. The molecule has 4 nitrogen and oxygen atoms in total. The van der Waals surface area contributed by atoms with Gasteiger partial charge in [-0.25, -0.2) is 0 Å². The molecule has 0 heterocycles. The molecular weight excluding hydrogens is 598 g/mol. The largest absolute Gasteiger partial charge is 0.494 e. The molecule has 2 N–H and O–H groups in total. The standard InChI is InChI=1S/C35H50F6O4/c36-34(37,38)33(35(39,40)41,29-17-21-31(22-18-29)44-27-15-11-7-3-1-5-9-13-25-42)30-19-23-32(24-20-30)45-28-16-12-8-4-2-6-10-14-26-43/h17-24,42-43H,1-16,25-28H2. The summed E-state index contributed by atoms with van der Waals surface area (Å²) in [6.07, 6.45) is 4.10. The molecule has 0 aliphatic carbocycles. The van der Waals surface area contributed by atoms with Crippen LogP contribution in [-0.4, -0.2) is 49.0 Å². The second-order valence-electron chi connectivity index (χ2n) is 11.6. The van der Waals surface area contributed by atoms with Crippen molar-refractivity contribution in [1.29, 1.82) is 0 Å². The topological polar surface area (TPSA) is 58.9 Å². The zero-order valence-electron chi connectivity index (χ0n) is 26.2. The summed E-state index contributed by atoms with van der Waals surface area (Å²) >= 11 is 0. The first-order valence-electron chi connectivity index (χ1n) is 16.4. The summed E-state index contributed by atoms with van der Waals surface area (Å²) in [6, 6.07) is 8.04. The quantitative estimate of drug-likeness (QED) is 0.0879. The van der Waals surface area contributed by atoms with Crippen LogP contribution in [0.1, 0.15) is 114 Å². The highest BCUT2D eigenvalue weighted by Gasteiger charge is 2.72. The average molecular weight is 649 g/mol. The molecule has 45 heavy (non-hydrogen) atoms. The Kier molecular flexibility index (Phi) is 17.7. The lowest BCUT2D eigenvalue weighted by atomic mass is 9.73. The van der Waals surface area contributed by atoms with Crippen molar-refractivity contribution >= 4 is 0 Å². The van der Waals surface area contributed by atoms with Crippen molar-refractivity contribution in [2.75, 3.05) is 26.4 Å². The van der Waals surface area contributed by atoms with Gasteiger partial charge in [0, 0.05) is 13.2 Å². The highest BCUT2D eigenvalue weighted by Crippen LogP contribution is 2.56. The molecule has 0 spiro atoms. The smallest absolute Gasteiger partial charge is 0.411 e. The second-order valence-corrected chi connectivity index (χ2v) is 11.6. The molecule has 0 fully saturated rings. The van der Waals surface area contributed by atoms with Crippen molar-refractivity contribution in [3.05, 3.63) is 59.7 Å². The number of aliphatic hydroxyl groups is 2. The number of hydrogen-bond acceptors (Lipinski definition) is 4. The Bertz CT molecular complexity index is 939. The van der Waals surface area contributed by atoms with Crippen LogP contribution < -0.4 is 9.47 Å². The lowest BCUT2D eigenvalue weighted by molar-refractivity contribution is -0.288. The van der Waals surface area contributed by atoms with Gasteiger partial charge < -0.3 is 19.7 Å². The molecule has 256 valence electrons. The highest BCUT2D eigenvalue weighted by atomic mass is 19.4. The van der Waals surface area contributed by atoms with Crippen molar-refractivity contribution in [2.45, 2.75) is 121 Å². The molecule has 0 saturated carbocycles. The van der Waals surface area contributed by atoms with E-state index in [1.807, 2.05) is 0 Å². The zero-order chi connectivity index (χ0) is 33.0. The lowest BCUT2D eigenvalue weighted by Crippen LogP contribution is -2.54. The van der Waals surface area contributed by atoms with Crippen LogP contribution in [0, 0.1) is 0 Å². The van der Waals surface area contributed by atoms with E-state index in [1.165, 1.54) is 0 Å². The molecule has 0 unspecified atom stereocenters. The Morgan fingerprint density at radius 1 is 0.400 bits per heavy atom. The first-order chi connectivity index (χ1) is 21.6. The maximum atomic E-state index is 14.5. The van der Waals surface area contributed by atoms with Gasteiger partial charge in [0.25, 0.3) is 0 Å². The van der Waals surface area contributed by atoms with Gasteiger partial charge in [-0.2, -0.15) is 26.3 Å². The van der Waals surface area contributed by atoms with Gasteiger partial charge in [-0.1, -0.05) is 101 Å². The van der Waals surface area contributed by atoms with Gasteiger partial charge in [-0.3, -0.25) is 0 Å². The first-order valence-corrected chi connectivity index (χ1v) is 16.4. The molecule has 0 amide bonds. The van der Waals surface area contributed by atoms with Gasteiger partial charge in [0.15, 0.2) is 0 Å². The van der Waals surface area contributed by atoms with Crippen molar-refractivity contribution in [2.24, 2.45) is 0 Å². The van der Waals surface area contributed by atoms with Crippen LogP contribution in [0.25, 0.3) is 0 Å². The predicted octanol–water partition coefficient (Wildman–Crippen LogP) is 10.1. The van der Waals surface area contributed by atoms with E-state index < -0.39 is 28.9 Å². The predicted molar refractivity (Wildman–Crippen MR) is 165 cm³/mol. The Hall–Kier alpha value is -2.46. The summed E-state index contributed by atoms with van der Waals surface area (Å²) in [5.74, 6) is 0.429. The van der Waals surface area contributed by atoms with Crippen molar-refractivity contribution in [3.8, 4) is 11.5 Å². The van der Waals surface area contributed by atoms with Crippen LogP contribution in [0.15, 0.2) is 48.5 Å². The van der Waals surface area contributed by atoms with Crippen LogP contribution in [0.5, 0.6) is 11.5 Å². The van der Waals surface area contributed by atoms with E-state index in [0.717, 1.165) is 151 Å². The molecule has 2 aromatic carbocycles. The molecule has 0 bridgehead atoms. The number of ether oxygens (including phenoxy) is 2. The van der Waals surface area contributed by atoms with Crippen LogP contribution in [0.4, 0.5) is 26.3 Å². The zero-order valence-corrected chi connectivity index (χ0v) is 26.2.